The van der Waals surface area contributed by atoms with Crippen molar-refractivity contribution in [2.45, 2.75) is 31.2 Å². The van der Waals surface area contributed by atoms with Gasteiger partial charge in [-0.2, -0.15) is 4.98 Å². The van der Waals surface area contributed by atoms with E-state index in [1.54, 1.807) is 37.3 Å². The van der Waals surface area contributed by atoms with Crippen molar-refractivity contribution in [1.82, 2.24) is 25.7 Å². The molecule has 4 rings (SSSR count). The Balaban J connectivity index is 1.32. The van der Waals surface area contributed by atoms with E-state index >= 15 is 0 Å². The maximum absolute atomic E-state index is 12.6. The van der Waals surface area contributed by atoms with Gasteiger partial charge in [-0.3, -0.25) is 14.9 Å². The van der Waals surface area contributed by atoms with Crippen LogP contribution in [0.25, 0.3) is 11.4 Å². The zero-order valence-corrected chi connectivity index (χ0v) is 17.3. The van der Waals surface area contributed by atoms with Crippen molar-refractivity contribution in [2.24, 2.45) is 0 Å². The van der Waals surface area contributed by atoms with Crippen LogP contribution >= 0.6 is 0 Å². The summed E-state index contributed by atoms with van der Waals surface area (Å²) in [7, 11) is 3.10. The summed E-state index contributed by atoms with van der Waals surface area (Å²) in [5.74, 6) is 1.51. The Morgan fingerprint density at radius 3 is 2.58 bits per heavy atom. The average Bonchev–Trinajstić information content (AvgIpc) is 3.36. The topological polar surface area (TPSA) is 136 Å². The average molecular weight is 429 g/mol. The van der Waals surface area contributed by atoms with Crippen LogP contribution in [0.5, 0.6) is 11.5 Å². The molecule has 164 valence electrons. The number of amides is 4. The van der Waals surface area contributed by atoms with E-state index in [2.05, 4.69) is 20.8 Å². The van der Waals surface area contributed by atoms with Crippen LogP contribution in [-0.4, -0.2) is 65.7 Å². The third-order valence-corrected chi connectivity index (χ3v) is 5.65. The van der Waals surface area contributed by atoms with E-state index in [1.807, 2.05) is 0 Å². The van der Waals surface area contributed by atoms with Crippen LogP contribution in [0.3, 0.4) is 0 Å². The molecule has 2 N–H and O–H groups in total. The highest BCUT2D eigenvalue weighted by molar-refractivity contribution is 6.07. The molecule has 2 saturated heterocycles. The second kappa shape index (κ2) is 8.25. The fourth-order valence-electron chi connectivity index (χ4n) is 3.84. The summed E-state index contributed by atoms with van der Waals surface area (Å²) in [5, 5.41) is 8.92. The molecule has 0 unspecified atom stereocenters. The predicted octanol–water partition coefficient (Wildman–Crippen LogP) is 0.887. The molecule has 11 heteroatoms. The number of aryl methyl sites for hydroxylation is 1. The van der Waals surface area contributed by atoms with E-state index in [0.29, 0.717) is 61.1 Å². The maximum Gasteiger partial charge on any atom is 0.322 e. The number of carbonyl (C=O) groups is 3. The molecule has 0 aliphatic carbocycles. The molecule has 3 heterocycles. The molecule has 2 aromatic rings. The smallest absolute Gasteiger partial charge is 0.322 e. The molecule has 2 aliphatic heterocycles. The molecule has 1 spiro atoms. The third kappa shape index (κ3) is 4.03. The highest BCUT2D eigenvalue weighted by Crippen LogP contribution is 2.31. The molecule has 2 aliphatic rings. The monoisotopic (exact) mass is 429 g/mol. The van der Waals surface area contributed by atoms with Gasteiger partial charge in [-0.1, -0.05) is 5.16 Å². The van der Waals surface area contributed by atoms with Crippen molar-refractivity contribution < 1.29 is 28.4 Å². The van der Waals surface area contributed by atoms with Gasteiger partial charge < -0.3 is 24.2 Å². The van der Waals surface area contributed by atoms with Crippen LogP contribution < -0.4 is 20.1 Å². The normalized spacial score (nSPS) is 17.4. The molecule has 11 nitrogen and oxygen atoms in total. The van der Waals surface area contributed by atoms with Gasteiger partial charge in [-0.25, -0.2) is 4.79 Å². The number of imide groups is 1. The molecule has 0 saturated carbocycles. The molecule has 1 aromatic carbocycles. The number of likely N-dealkylation sites (tertiary alicyclic amines) is 1. The van der Waals surface area contributed by atoms with Gasteiger partial charge >= 0.3 is 6.03 Å². The first-order valence-electron chi connectivity index (χ1n) is 9.90. The van der Waals surface area contributed by atoms with Crippen molar-refractivity contribution in [2.75, 3.05) is 27.3 Å². The number of nitrogens with one attached hydrogen (secondary N) is 2. The second-order valence-electron chi connectivity index (χ2n) is 7.45. The lowest BCUT2D eigenvalue weighted by molar-refractivity contribution is -0.135. The van der Waals surface area contributed by atoms with Gasteiger partial charge in [0.05, 0.1) is 14.2 Å². The number of aromatic nitrogens is 2. The largest absolute Gasteiger partial charge is 0.493 e. The summed E-state index contributed by atoms with van der Waals surface area (Å²) < 4.78 is 15.8. The number of hydrogen-bond acceptors (Lipinski definition) is 8. The van der Waals surface area contributed by atoms with Crippen molar-refractivity contribution in [1.29, 1.82) is 0 Å². The van der Waals surface area contributed by atoms with Crippen LogP contribution in [0.2, 0.25) is 0 Å². The number of carbonyl (C=O) groups excluding carboxylic acids is 3. The van der Waals surface area contributed by atoms with Crippen molar-refractivity contribution in [3.63, 3.8) is 0 Å². The summed E-state index contributed by atoms with van der Waals surface area (Å²) in [6.07, 6.45) is 1.29. The summed E-state index contributed by atoms with van der Waals surface area (Å²) >= 11 is 0. The molecule has 0 radical (unpaired) electrons. The number of ether oxygens (including phenoxy) is 2. The zero-order chi connectivity index (χ0) is 22.0. The number of methoxy groups -OCH3 is 2. The number of nitrogens with zero attached hydrogens (tertiary/aromatic N) is 3. The van der Waals surface area contributed by atoms with Crippen LogP contribution in [0.15, 0.2) is 22.7 Å². The number of rotatable bonds is 6. The van der Waals surface area contributed by atoms with Gasteiger partial charge in [0.1, 0.15) is 5.54 Å². The minimum absolute atomic E-state index is 0.0644. The molecule has 2 fully saturated rings. The van der Waals surface area contributed by atoms with E-state index in [4.69, 9.17) is 14.0 Å². The van der Waals surface area contributed by atoms with Crippen LogP contribution in [-0.2, 0) is 16.0 Å². The standard InChI is InChI=1S/C20H23N5O6/c1-29-13-4-3-12(11-14(13)30-2)17-21-15(31-24-17)5-6-16(26)25-9-7-20(8-10-25)18(27)22-19(28)23-20/h3-4,11H,5-10H2,1-2H3,(H2,22,23,27,28). The van der Waals surface area contributed by atoms with Gasteiger partial charge in [-0.15, -0.1) is 0 Å². The number of piperidine rings is 1. The fourth-order valence-corrected chi connectivity index (χ4v) is 3.84. The van der Waals surface area contributed by atoms with Gasteiger partial charge in [0.2, 0.25) is 17.6 Å². The Bertz CT molecular complexity index is 1010. The molecule has 4 amide bonds. The Kier molecular flexibility index (Phi) is 5.49. The second-order valence-corrected chi connectivity index (χ2v) is 7.45. The minimum atomic E-state index is -0.894. The van der Waals surface area contributed by atoms with E-state index in [1.165, 1.54) is 0 Å². The lowest BCUT2D eigenvalue weighted by atomic mass is 9.87. The molecule has 1 aromatic heterocycles. The summed E-state index contributed by atoms with van der Waals surface area (Å²) in [4.78, 5) is 42.0. The van der Waals surface area contributed by atoms with E-state index in [-0.39, 0.29) is 18.2 Å². The Morgan fingerprint density at radius 2 is 1.94 bits per heavy atom. The lowest BCUT2D eigenvalue weighted by Gasteiger charge is -2.37. The minimum Gasteiger partial charge on any atom is -0.493 e. The highest BCUT2D eigenvalue weighted by Gasteiger charge is 2.48. The van der Waals surface area contributed by atoms with Crippen molar-refractivity contribution in [3.05, 3.63) is 24.1 Å². The van der Waals surface area contributed by atoms with Crippen molar-refractivity contribution in [3.8, 4) is 22.9 Å². The van der Waals surface area contributed by atoms with E-state index < -0.39 is 11.6 Å². The molecule has 31 heavy (non-hydrogen) atoms. The Hall–Kier alpha value is -3.63. The molecular formula is C20H23N5O6. The van der Waals surface area contributed by atoms with Gasteiger partial charge in [-0.05, 0) is 31.0 Å². The Morgan fingerprint density at radius 1 is 1.19 bits per heavy atom. The SMILES string of the molecule is COc1ccc(-c2noc(CCC(=O)N3CCC4(CC3)NC(=O)NC4=O)n2)cc1OC. The van der Waals surface area contributed by atoms with Gasteiger partial charge in [0, 0.05) is 31.5 Å². The summed E-state index contributed by atoms with van der Waals surface area (Å²) in [6.45, 7) is 0.792. The fraction of sp³-hybridized carbons (Fsp3) is 0.450. The molecule has 0 atom stereocenters. The summed E-state index contributed by atoms with van der Waals surface area (Å²) in [5.41, 5.74) is -0.188. The Labute approximate surface area is 178 Å². The predicted molar refractivity (Wildman–Crippen MR) is 106 cm³/mol. The first-order chi connectivity index (χ1) is 14.9. The van der Waals surface area contributed by atoms with Crippen molar-refractivity contribution >= 4 is 17.8 Å². The van der Waals surface area contributed by atoms with E-state index in [0.717, 1.165) is 0 Å². The number of benzene rings is 1. The summed E-state index contributed by atoms with van der Waals surface area (Å²) in [6, 6.07) is 4.82. The number of urea groups is 1. The first kappa shape index (κ1) is 20.6. The zero-order valence-electron chi connectivity index (χ0n) is 17.3. The van der Waals surface area contributed by atoms with E-state index in [9.17, 15) is 14.4 Å². The van der Waals surface area contributed by atoms with Gasteiger partial charge in [0.15, 0.2) is 11.5 Å². The molecular weight excluding hydrogens is 406 g/mol. The molecule has 0 bridgehead atoms. The van der Waals surface area contributed by atoms with Crippen LogP contribution in [0.1, 0.15) is 25.2 Å². The lowest BCUT2D eigenvalue weighted by Crippen LogP contribution is -2.55. The highest BCUT2D eigenvalue weighted by atomic mass is 16.5. The number of hydrogen-bond donors (Lipinski definition) is 2. The van der Waals surface area contributed by atoms with Crippen LogP contribution in [0, 0.1) is 0 Å². The maximum atomic E-state index is 12.6. The first-order valence-corrected chi connectivity index (χ1v) is 9.90. The van der Waals surface area contributed by atoms with Crippen LogP contribution in [0.4, 0.5) is 4.79 Å². The third-order valence-electron chi connectivity index (χ3n) is 5.65. The van der Waals surface area contributed by atoms with Gasteiger partial charge in [0.25, 0.3) is 5.91 Å². The quantitative estimate of drug-likeness (QED) is 0.646.